The van der Waals surface area contributed by atoms with Crippen LogP contribution < -0.4 is 9.47 Å². The molecule has 1 aliphatic rings. The molecular weight excluding hydrogens is 480 g/mol. The predicted molar refractivity (Wildman–Crippen MR) is 153 cm³/mol. The molecule has 0 spiro atoms. The van der Waals surface area contributed by atoms with Gasteiger partial charge in [0, 0.05) is 18.9 Å². The van der Waals surface area contributed by atoms with E-state index in [9.17, 15) is 5.26 Å². The van der Waals surface area contributed by atoms with Crippen LogP contribution in [0.15, 0.2) is 66.7 Å². The Balaban J connectivity index is 0.00000380. The van der Waals surface area contributed by atoms with Crippen LogP contribution in [0.25, 0.3) is 11.1 Å². The number of fused-ring (bicyclic) bond motifs is 3. The maximum atomic E-state index is 10.3. The number of ether oxygens (including phenoxy) is 2. The number of hydrogen-bond acceptors (Lipinski definition) is 4. The number of nitriles is 1. The third kappa shape index (κ3) is 5.47. The summed E-state index contributed by atoms with van der Waals surface area (Å²) in [5.41, 5.74) is 5.62. The molecule has 0 saturated carbocycles. The van der Waals surface area contributed by atoms with Crippen LogP contribution in [0.2, 0.25) is 0 Å². The first kappa shape index (κ1) is 28.1. The summed E-state index contributed by atoms with van der Waals surface area (Å²) in [5.74, 6) is 8.37. The highest BCUT2D eigenvalue weighted by atomic mass is 35.5. The van der Waals surface area contributed by atoms with Crippen molar-refractivity contribution in [2.75, 3.05) is 34.4 Å². The third-order valence-corrected chi connectivity index (χ3v) is 7.38. The van der Waals surface area contributed by atoms with E-state index < -0.39 is 5.41 Å². The summed E-state index contributed by atoms with van der Waals surface area (Å²) >= 11 is 0. The standard InChI is InChI=1S/C32H34N2O2.ClH/c1-23(2)32(22-33,24-16-17-30(35-4)31(20-24)36-5)18-10-11-19-34(3)21-29-27-14-8-6-12-25(27)26-13-7-9-15-28(26)29;/h6-9,12-17,20,23,29H,18-19,21H2,1-5H3;1H. The molecule has 4 rings (SSSR count). The molecule has 1 aliphatic carbocycles. The van der Waals surface area contributed by atoms with Gasteiger partial charge in [0.1, 0.15) is 0 Å². The predicted octanol–water partition coefficient (Wildman–Crippen LogP) is 6.68. The van der Waals surface area contributed by atoms with Gasteiger partial charge in [0.25, 0.3) is 0 Å². The van der Waals surface area contributed by atoms with Gasteiger partial charge in [0.15, 0.2) is 11.5 Å². The molecule has 1 unspecified atom stereocenters. The number of methoxy groups -OCH3 is 2. The lowest BCUT2D eigenvalue weighted by Gasteiger charge is -2.30. The van der Waals surface area contributed by atoms with Crippen LogP contribution in [0.1, 0.15) is 42.9 Å². The summed E-state index contributed by atoms with van der Waals surface area (Å²) in [6.45, 7) is 5.68. The molecule has 0 radical (unpaired) electrons. The second-order valence-electron chi connectivity index (χ2n) is 9.76. The average molecular weight is 515 g/mol. The molecule has 0 aromatic heterocycles. The van der Waals surface area contributed by atoms with Crippen LogP contribution in [0, 0.1) is 29.1 Å². The molecule has 0 amide bonds. The summed E-state index contributed by atoms with van der Waals surface area (Å²) in [5, 5.41) is 10.3. The summed E-state index contributed by atoms with van der Waals surface area (Å²) in [6, 6.07) is 25.7. The van der Waals surface area contributed by atoms with Crippen molar-refractivity contribution in [2.24, 2.45) is 5.92 Å². The Bertz CT molecular complexity index is 1290. The number of halogens is 1. The summed E-state index contributed by atoms with van der Waals surface area (Å²) in [6.07, 6.45) is 0.458. The van der Waals surface area contributed by atoms with Gasteiger partial charge in [0.2, 0.25) is 0 Å². The molecule has 37 heavy (non-hydrogen) atoms. The van der Waals surface area contributed by atoms with Crippen LogP contribution in [0.4, 0.5) is 0 Å². The molecule has 0 saturated heterocycles. The third-order valence-electron chi connectivity index (χ3n) is 7.38. The van der Waals surface area contributed by atoms with E-state index in [2.05, 4.69) is 92.2 Å². The molecule has 0 fully saturated rings. The van der Waals surface area contributed by atoms with Crippen LogP contribution in [0.3, 0.4) is 0 Å². The fourth-order valence-electron chi connectivity index (χ4n) is 5.21. The normalized spacial score (nSPS) is 13.5. The number of hydrogen-bond donors (Lipinski definition) is 0. The molecular formula is C32H35ClN2O2. The molecule has 3 aromatic carbocycles. The monoisotopic (exact) mass is 514 g/mol. The SMILES string of the molecule is COc1ccc(C(C#N)(CC#CCN(C)CC2c3ccccc3-c3ccccc32)C(C)C)cc1OC.Cl. The molecule has 5 heteroatoms. The van der Waals surface area contributed by atoms with E-state index in [1.54, 1.807) is 14.2 Å². The molecule has 3 aromatic rings. The molecule has 4 nitrogen and oxygen atoms in total. The topological polar surface area (TPSA) is 45.5 Å². The molecule has 1 atom stereocenters. The zero-order chi connectivity index (χ0) is 25.7. The van der Waals surface area contributed by atoms with Crippen LogP contribution >= 0.6 is 12.4 Å². The Morgan fingerprint density at radius 2 is 1.49 bits per heavy atom. The number of rotatable bonds is 8. The van der Waals surface area contributed by atoms with Gasteiger partial charge in [0.05, 0.1) is 32.2 Å². The largest absolute Gasteiger partial charge is 0.493 e. The first-order chi connectivity index (χ1) is 17.4. The van der Waals surface area contributed by atoms with Gasteiger partial charge in [-0.3, -0.25) is 4.90 Å². The lowest BCUT2D eigenvalue weighted by Crippen LogP contribution is -2.30. The second kappa shape index (κ2) is 12.2. The molecule has 0 N–H and O–H groups in total. The van der Waals surface area contributed by atoms with Crippen molar-refractivity contribution < 1.29 is 9.47 Å². The quantitative estimate of drug-likeness (QED) is 0.314. The van der Waals surface area contributed by atoms with Gasteiger partial charge in [-0.2, -0.15) is 5.26 Å². The Labute approximate surface area is 227 Å². The Morgan fingerprint density at radius 3 is 2.03 bits per heavy atom. The number of benzene rings is 3. The zero-order valence-corrected chi connectivity index (χ0v) is 23.1. The lowest BCUT2D eigenvalue weighted by molar-refractivity contribution is 0.350. The van der Waals surface area contributed by atoms with E-state index in [0.29, 0.717) is 30.4 Å². The van der Waals surface area contributed by atoms with Crippen LogP contribution in [-0.2, 0) is 5.41 Å². The molecule has 0 aliphatic heterocycles. The molecule has 0 heterocycles. The lowest BCUT2D eigenvalue weighted by atomic mass is 9.70. The minimum absolute atomic E-state index is 0. The van der Waals surface area contributed by atoms with Crippen molar-refractivity contribution in [3.8, 4) is 40.5 Å². The first-order valence-corrected chi connectivity index (χ1v) is 12.4. The zero-order valence-electron chi connectivity index (χ0n) is 22.2. The van der Waals surface area contributed by atoms with Crippen LogP contribution in [0.5, 0.6) is 11.5 Å². The maximum Gasteiger partial charge on any atom is 0.161 e. The highest BCUT2D eigenvalue weighted by molar-refractivity contribution is 5.85. The summed E-state index contributed by atoms with van der Waals surface area (Å²) in [7, 11) is 5.34. The van der Waals surface area contributed by atoms with E-state index in [1.165, 1.54) is 22.3 Å². The van der Waals surface area contributed by atoms with Crippen molar-refractivity contribution in [2.45, 2.75) is 31.6 Å². The van der Waals surface area contributed by atoms with Gasteiger partial charge in [-0.15, -0.1) is 12.4 Å². The summed E-state index contributed by atoms with van der Waals surface area (Å²) in [4.78, 5) is 2.27. The first-order valence-electron chi connectivity index (χ1n) is 12.4. The van der Waals surface area contributed by atoms with Crippen LogP contribution in [-0.4, -0.2) is 39.3 Å². The Kier molecular flexibility index (Phi) is 9.28. The number of likely N-dealkylation sites (N-methyl/N-ethyl adjacent to an activating group) is 1. The van der Waals surface area contributed by atoms with E-state index in [0.717, 1.165) is 12.1 Å². The van der Waals surface area contributed by atoms with E-state index in [-0.39, 0.29) is 18.3 Å². The van der Waals surface area contributed by atoms with Gasteiger partial charge < -0.3 is 9.47 Å². The Morgan fingerprint density at radius 1 is 0.892 bits per heavy atom. The van der Waals surface area contributed by atoms with Crippen molar-refractivity contribution in [1.82, 2.24) is 4.90 Å². The minimum atomic E-state index is -0.728. The highest BCUT2D eigenvalue weighted by Crippen LogP contribution is 2.44. The maximum absolute atomic E-state index is 10.3. The van der Waals surface area contributed by atoms with Crippen molar-refractivity contribution in [3.63, 3.8) is 0 Å². The van der Waals surface area contributed by atoms with Gasteiger partial charge >= 0.3 is 0 Å². The fourth-order valence-corrected chi connectivity index (χ4v) is 5.21. The fraction of sp³-hybridized carbons (Fsp3) is 0.344. The van der Waals surface area contributed by atoms with Crippen molar-refractivity contribution in [3.05, 3.63) is 83.4 Å². The van der Waals surface area contributed by atoms with Crippen molar-refractivity contribution in [1.29, 1.82) is 5.26 Å². The second-order valence-corrected chi connectivity index (χ2v) is 9.76. The van der Waals surface area contributed by atoms with Gasteiger partial charge in [-0.1, -0.05) is 80.3 Å². The highest BCUT2D eigenvalue weighted by Gasteiger charge is 2.36. The van der Waals surface area contributed by atoms with E-state index in [4.69, 9.17) is 9.47 Å². The van der Waals surface area contributed by atoms with E-state index >= 15 is 0 Å². The van der Waals surface area contributed by atoms with Crippen molar-refractivity contribution >= 4 is 12.4 Å². The average Bonchev–Trinajstić information content (AvgIpc) is 3.22. The smallest absolute Gasteiger partial charge is 0.161 e. The molecule has 192 valence electrons. The van der Waals surface area contributed by atoms with E-state index in [1.807, 2.05) is 18.2 Å². The summed E-state index contributed by atoms with van der Waals surface area (Å²) < 4.78 is 10.9. The minimum Gasteiger partial charge on any atom is -0.493 e. The Hall–Kier alpha value is -3.44. The number of nitrogens with zero attached hydrogens (tertiary/aromatic N) is 2. The van der Waals surface area contributed by atoms with Gasteiger partial charge in [-0.25, -0.2) is 0 Å². The molecule has 0 bridgehead atoms. The van der Waals surface area contributed by atoms with Gasteiger partial charge in [-0.05, 0) is 52.9 Å².